The fourth-order valence-corrected chi connectivity index (χ4v) is 3.69. The number of piperidine rings is 1. The number of hydrogen-bond donors (Lipinski definition) is 2. The molecule has 0 bridgehead atoms. The molecule has 0 spiro atoms. The third kappa shape index (κ3) is 11.2. The van der Waals surface area contributed by atoms with E-state index in [4.69, 9.17) is 19.2 Å². The quantitative estimate of drug-likeness (QED) is 0.166. The maximum absolute atomic E-state index is 6.00. The highest BCUT2D eigenvalue weighted by Crippen LogP contribution is 2.21. The summed E-state index contributed by atoms with van der Waals surface area (Å²) in [6.07, 6.45) is 3.31. The first kappa shape index (κ1) is 28.9. The third-order valence-corrected chi connectivity index (χ3v) is 5.60. The topological polar surface area (TPSA) is 67.4 Å². The van der Waals surface area contributed by atoms with Gasteiger partial charge in [-0.15, -0.1) is 24.0 Å². The van der Waals surface area contributed by atoms with Crippen LogP contribution in [0.4, 0.5) is 0 Å². The molecule has 1 aromatic rings. The van der Waals surface area contributed by atoms with Crippen LogP contribution in [0.5, 0.6) is 5.75 Å². The molecule has 2 rings (SSSR count). The number of aliphatic imine (C=N–C) groups is 1. The lowest BCUT2D eigenvalue weighted by Crippen LogP contribution is -2.43. The van der Waals surface area contributed by atoms with Gasteiger partial charge in [0.25, 0.3) is 0 Å². The van der Waals surface area contributed by atoms with E-state index in [0.29, 0.717) is 25.7 Å². The summed E-state index contributed by atoms with van der Waals surface area (Å²) in [6, 6.07) is 6.32. The number of nitrogens with one attached hydrogen (secondary N) is 2. The first-order chi connectivity index (χ1) is 15.2. The van der Waals surface area contributed by atoms with Crippen LogP contribution in [0.2, 0.25) is 0 Å². The zero-order valence-corrected chi connectivity index (χ0v) is 22.7. The van der Waals surface area contributed by atoms with Crippen LogP contribution in [0.1, 0.15) is 37.3 Å². The van der Waals surface area contributed by atoms with Crippen LogP contribution in [0.15, 0.2) is 23.2 Å². The molecule has 0 aliphatic carbocycles. The van der Waals surface area contributed by atoms with Gasteiger partial charge in [-0.25, -0.2) is 4.99 Å². The fourth-order valence-electron chi connectivity index (χ4n) is 3.69. The van der Waals surface area contributed by atoms with Gasteiger partial charge in [-0.1, -0.05) is 12.1 Å². The predicted molar refractivity (Wildman–Crippen MR) is 142 cm³/mol. The van der Waals surface area contributed by atoms with Crippen molar-refractivity contribution in [2.75, 3.05) is 66.8 Å². The van der Waals surface area contributed by atoms with Gasteiger partial charge in [-0.2, -0.15) is 0 Å². The van der Waals surface area contributed by atoms with Gasteiger partial charge in [0, 0.05) is 52.4 Å². The Kier molecular flexibility index (Phi) is 15.7. The van der Waals surface area contributed by atoms with Crippen molar-refractivity contribution in [3.8, 4) is 5.75 Å². The molecule has 1 saturated heterocycles. The number of aryl methyl sites for hydroxylation is 1. The molecular weight excluding hydrogens is 519 g/mol. The fraction of sp³-hybridized carbons (Fsp3) is 0.708. The summed E-state index contributed by atoms with van der Waals surface area (Å²) in [4.78, 5) is 7.31. The molecule has 0 aromatic heterocycles. The van der Waals surface area contributed by atoms with Crippen LogP contribution in [0.3, 0.4) is 0 Å². The van der Waals surface area contributed by atoms with E-state index in [2.05, 4.69) is 47.6 Å². The number of nitrogens with zero attached hydrogens (tertiary/aromatic N) is 2. The summed E-state index contributed by atoms with van der Waals surface area (Å²) >= 11 is 0. The van der Waals surface area contributed by atoms with E-state index in [0.717, 1.165) is 63.0 Å². The van der Waals surface area contributed by atoms with Crippen molar-refractivity contribution in [1.82, 2.24) is 15.5 Å². The van der Waals surface area contributed by atoms with Crippen LogP contribution in [0, 0.1) is 12.8 Å². The zero-order valence-electron chi connectivity index (χ0n) is 20.3. The van der Waals surface area contributed by atoms with Crippen molar-refractivity contribution in [3.05, 3.63) is 29.3 Å². The van der Waals surface area contributed by atoms with Crippen molar-refractivity contribution >= 4 is 29.9 Å². The molecule has 32 heavy (non-hydrogen) atoms. The Balaban J connectivity index is 0.00000512. The molecular formula is C24H43IN4O3. The Morgan fingerprint density at radius 1 is 1.09 bits per heavy atom. The average Bonchev–Trinajstić information content (AvgIpc) is 2.78. The Hall–Kier alpha value is -1.10. The summed E-state index contributed by atoms with van der Waals surface area (Å²) < 4.78 is 16.3. The van der Waals surface area contributed by atoms with Crippen molar-refractivity contribution in [2.45, 2.75) is 39.7 Å². The molecule has 1 aromatic carbocycles. The van der Waals surface area contributed by atoms with Gasteiger partial charge < -0.3 is 29.7 Å². The van der Waals surface area contributed by atoms with Crippen LogP contribution >= 0.6 is 24.0 Å². The molecule has 8 heteroatoms. The number of guanidine groups is 1. The number of methoxy groups -OCH3 is 2. The van der Waals surface area contributed by atoms with E-state index in [1.807, 2.05) is 0 Å². The van der Waals surface area contributed by atoms with Gasteiger partial charge in [0.2, 0.25) is 0 Å². The number of benzene rings is 1. The summed E-state index contributed by atoms with van der Waals surface area (Å²) in [5, 5.41) is 6.92. The normalized spacial score (nSPS) is 15.3. The second-order valence-electron chi connectivity index (χ2n) is 8.16. The zero-order chi connectivity index (χ0) is 22.3. The minimum absolute atomic E-state index is 0. The van der Waals surface area contributed by atoms with Crippen LogP contribution in [-0.2, 0) is 16.0 Å². The molecule has 0 amide bonds. The molecule has 0 saturated carbocycles. The molecule has 184 valence electrons. The lowest BCUT2D eigenvalue weighted by Gasteiger charge is -2.32. The molecule has 0 unspecified atom stereocenters. The maximum atomic E-state index is 6.00. The number of rotatable bonds is 13. The van der Waals surface area contributed by atoms with Gasteiger partial charge in [0.1, 0.15) is 5.75 Å². The van der Waals surface area contributed by atoms with E-state index < -0.39 is 0 Å². The molecule has 0 radical (unpaired) electrons. The summed E-state index contributed by atoms with van der Waals surface area (Å²) in [7, 11) is 3.48. The molecule has 1 fully saturated rings. The van der Waals surface area contributed by atoms with Crippen LogP contribution < -0.4 is 15.4 Å². The molecule has 1 aliphatic rings. The highest BCUT2D eigenvalue weighted by molar-refractivity contribution is 14.0. The third-order valence-electron chi connectivity index (χ3n) is 5.60. The van der Waals surface area contributed by atoms with Gasteiger partial charge >= 0.3 is 0 Å². The first-order valence-corrected chi connectivity index (χ1v) is 11.6. The second-order valence-corrected chi connectivity index (χ2v) is 8.16. The molecule has 1 aliphatic heterocycles. The lowest BCUT2D eigenvalue weighted by atomic mass is 9.97. The van der Waals surface area contributed by atoms with E-state index >= 15 is 0 Å². The molecule has 7 nitrogen and oxygen atoms in total. The summed E-state index contributed by atoms with van der Waals surface area (Å²) in [6.45, 7) is 12.1. The number of ether oxygens (including phenoxy) is 3. The second kappa shape index (κ2) is 17.4. The highest BCUT2D eigenvalue weighted by Gasteiger charge is 2.19. The molecule has 0 atom stereocenters. The SMILES string of the molecule is CCNC(=NCc1ccc(C)cc1OCCCOC)NCC1CCN(CCOC)CC1.I. The van der Waals surface area contributed by atoms with Crippen LogP contribution in [-0.4, -0.2) is 77.6 Å². The minimum Gasteiger partial charge on any atom is -0.493 e. The largest absolute Gasteiger partial charge is 0.493 e. The maximum Gasteiger partial charge on any atom is 0.191 e. The number of hydrogen-bond acceptors (Lipinski definition) is 5. The molecule has 2 N–H and O–H groups in total. The monoisotopic (exact) mass is 562 g/mol. The van der Waals surface area contributed by atoms with Gasteiger partial charge in [-0.05, 0) is 57.3 Å². The summed E-state index contributed by atoms with van der Waals surface area (Å²) in [5.41, 5.74) is 2.29. The van der Waals surface area contributed by atoms with Gasteiger partial charge in [-0.3, -0.25) is 0 Å². The van der Waals surface area contributed by atoms with Crippen molar-refractivity contribution in [1.29, 1.82) is 0 Å². The van der Waals surface area contributed by atoms with Crippen LogP contribution in [0.25, 0.3) is 0 Å². The van der Waals surface area contributed by atoms with E-state index in [1.54, 1.807) is 14.2 Å². The smallest absolute Gasteiger partial charge is 0.191 e. The minimum atomic E-state index is 0. The number of likely N-dealkylation sites (tertiary alicyclic amines) is 1. The van der Waals surface area contributed by atoms with Crippen molar-refractivity contribution < 1.29 is 14.2 Å². The van der Waals surface area contributed by atoms with E-state index in [1.165, 1.54) is 18.4 Å². The Morgan fingerprint density at radius 2 is 1.84 bits per heavy atom. The Labute approximate surface area is 211 Å². The highest BCUT2D eigenvalue weighted by atomic mass is 127. The van der Waals surface area contributed by atoms with E-state index in [9.17, 15) is 0 Å². The summed E-state index contributed by atoms with van der Waals surface area (Å²) in [5.74, 6) is 2.47. The van der Waals surface area contributed by atoms with Crippen molar-refractivity contribution in [3.63, 3.8) is 0 Å². The standard InChI is InChI=1S/C24H42N4O3.HI/c1-5-25-24(26-18-21-9-11-28(12-10-21)13-16-30-4)27-19-22-8-7-20(2)17-23(22)31-15-6-14-29-3;/h7-8,17,21H,5-6,9-16,18-19H2,1-4H3,(H2,25,26,27);1H. The first-order valence-electron chi connectivity index (χ1n) is 11.6. The number of halogens is 1. The Bertz CT molecular complexity index is 652. The average molecular weight is 563 g/mol. The molecule has 1 heterocycles. The van der Waals surface area contributed by atoms with E-state index in [-0.39, 0.29) is 24.0 Å². The van der Waals surface area contributed by atoms with Crippen molar-refractivity contribution in [2.24, 2.45) is 10.9 Å². The Morgan fingerprint density at radius 3 is 2.53 bits per heavy atom. The predicted octanol–water partition coefficient (Wildman–Crippen LogP) is 3.44. The lowest BCUT2D eigenvalue weighted by molar-refractivity contribution is 0.121. The van der Waals surface area contributed by atoms with Gasteiger partial charge in [0.05, 0.1) is 19.8 Å². The van der Waals surface area contributed by atoms with Gasteiger partial charge in [0.15, 0.2) is 5.96 Å².